The van der Waals surface area contributed by atoms with Gasteiger partial charge in [-0.1, -0.05) is 19.9 Å². The molecule has 18 heavy (non-hydrogen) atoms. The van der Waals surface area contributed by atoms with Gasteiger partial charge in [-0.3, -0.25) is 14.5 Å². The Bertz CT molecular complexity index is 527. The van der Waals surface area contributed by atoms with Crippen molar-refractivity contribution in [3.63, 3.8) is 0 Å². The van der Waals surface area contributed by atoms with Crippen molar-refractivity contribution in [2.24, 2.45) is 11.8 Å². The van der Waals surface area contributed by atoms with Gasteiger partial charge >= 0.3 is 0 Å². The predicted octanol–water partition coefficient (Wildman–Crippen LogP) is 2.63. The summed E-state index contributed by atoms with van der Waals surface area (Å²) in [6.07, 6.45) is 0.761. The van der Waals surface area contributed by atoms with Gasteiger partial charge < -0.3 is 0 Å². The molecule has 3 heteroatoms. The van der Waals surface area contributed by atoms with Crippen molar-refractivity contribution in [3.8, 4) is 0 Å². The molecule has 2 aliphatic rings. The average molecular weight is 243 g/mol. The van der Waals surface area contributed by atoms with Gasteiger partial charge in [-0.25, -0.2) is 0 Å². The SMILES string of the molecule is Cc1cc(N2C(=O)C3CC3C2=O)ccc1C(C)C. The van der Waals surface area contributed by atoms with E-state index >= 15 is 0 Å². The van der Waals surface area contributed by atoms with E-state index in [4.69, 9.17) is 0 Å². The van der Waals surface area contributed by atoms with Crippen LogP contribution < -0.4 is 4.90 Å². The number of rotatable bonds is 2. The van der Waals surface area contributed by atoms with Gasteiger partial charge in [0.05, 0.1) is 17.5 Å². The number of piperidine rings is 1. The van der Waals surface area contributed by atoms with Gasteiger partial charge in [-0.05, 0) is 42.5 Å². The molecule has 0 radical (unpaired) electrons. The monoisotopic (exact) mass is 243 g/mol. The molecule has 1 aromatic carbocycles. The van der Waals surface area contributed by atoms with Crippen LogP contribution >= 0.6 is 0 Å². The van der Waals surface area contributed by atoms with Gasteiger partial charge in [0, 0.05) is 0 Å². The Kier molecular flexibility index (Phi) is 2.34. The first kappa shape index (κ1) is 11.5. The van der Waals surface area contributed by atoms with Crippen molar-refractivity contribution in [2.75, 3.05) is 4.90 Å². The zero-order chi connectivity index (χ0) is 13.0. The van der Waals surface area contributed by atoms with E-state index in [0.717, 1.165) is 17.7 Å². The molecule has 1 aliphatic heterocycles. The lowest BCUT2D eigenvalue weighted by Crippen LogP contribution is -2.32. The Hall–Kier alpha value is -1.64. The second-order valence-electron chi connectivity index (χ2n) is 5.66. The molecule has 2 atom stereocenters. The van der Waals surface area contributed by atoms with E-state index in [0.29, 0.717) is 5.92 Å². The molecule has 1 saturated carbocycles. The van der Waals surface area contributed by atoms with Crippen molar-refractivity contribution in [2.45, 2.75) is 33.1 Å². The highest BCUT2D eigenvalue weighted by Gasteiger charge is 2.59. The number of imide groups is 1. The molecule has 2 amide bonds. The smallest absolute Gasteiger partial charge is 0.237 e. The zero-order valence-electron chi connectivity index (χ0n) is 10.9. The van der Waals surface area contributed by atoms with Crippen LogP contribution in [0.3, 0.4) is 0 Å². The molecule has 0 bridgehead atoms. The summed E-state index contributed by atoms with van der Waals surface area (Å²) >= 11 is 0. The van der Waals surface area contributed by atoms with Gasteiger partial charge in [-0.2, -0.15) is 0 Å². The van der Waals surface area contributed by atoms with Crippen LogP contribution in [0.1, 0.15) is 37.3 Å². The quantitative estimate of drug-likeness (QED) is 0.749. The number of carbonyl (C=O) groups excluding carboxylic acids is 2. The Morgan fingerprint density at radius 3 is 2.28 bits per heavy atom. The fraction of sp³-hybridized carbons (Fsp3) is 0.467. The highest BCUT2D eigenvalue weighted by Crippen LogP contribution is 2.48. The van der Waals surface area contributed by atoms with Crippen molar-refractivity contribution in [3.05, 3.63) is 29.3 Å². The fourth-order valence-corrected chi connectivity index (χ4v) is 2.88. The van der Waals surface area contributed by atoms with E-state index in [2.05, 4.69) is 13.8 Å². The summed E-state index contributed by atoms with van der Waals surface area (Å²) in [5.74, 6) is 0.381. The van der Waals surface area contributed by atoms with Gasteiger partial charge in [0.25, 0.3) is 0 Å². The molecular formula is C15H17NO2. The molecular weight excluding hydrogens is 226 g/mol. The zero-order valence-corrected chi connectivity index (χ0v) is 10.9. The lowest BCUT2D eigenvalue weighted by molar-refractivity contribution is -0.123. The third kappa shape index (κ3) is 1.50. The molecule has 2 unspecified atom stereocenters. The van der Waals surface area contributed by atoms with Gasteiger partial charge in [-0.15, -0.1) is 0 Å². The standard InChI is InChI=1S/C15H17NO2/c1-8(2)11-5-4-10(6-9(11)3)16-14(17)12-7-13(12)15(16)18/h4-6,8,12-13H,7H2,1-3H3. The number of anilines is 1. The van der Waals surface area contributed by atoms with Crippen molar-refractivity contribution >= 4 is 17.5 Å². The molecule has 94 valence electrons. The second-order valence-corrected chi connectivity index (χ2v) is 5.66. The summed E-state index contributed by atoms with van der Waals surface area (Å²) in [7, 11) is 0. The van der Waals surface area contributed by atoms with E-state index in [-0.39, 0.29) is 23.7 Å². The third-order valence-electron chi connectivity index (χ3n) is 4.00. The highest BCUT2D eigenvalue weighted by molar-refractivity contribution is 6.24. The summed E-state index contributed by atoms with van der Waals surface area (Å²) in [6, 6.07) is 5.87. The first-order chi connectivity index (χ1) is 8.50. The Morgan fingerprint density at radius 1 is 1.17 bits per heavy atom. The normalized spacial score (nSPS) is 25.9. The van der Waals surface area contributed by atoms with Gasteiger partial charge in [0.2, 0.25) is 11.8 Å². The fourth-order valence-electron chi connectivity index (χ4n) is 2.88. The number of hydrogen-bond donors (Lipinski definition) is 0. The number of hydrogen-bond acceptors (Lipinski definition) is 2. The number of aryl methyl sites for hydroxylation is 1. The van der Waals surface area contributed by atoms with Crippen LogP contribution in [0, 0.1) is 18.8 Å². The van der Waals surface area contributed by atoms with Gasteiger partial charge in [0.1, 0.15) is 0 Å². The molecule has 2 fully saturated rings. The molecule has 3 rings (SSSR count). The van der Waals surface area contributed by atoms with Crippen LogP contribution in [0.15, 0.2) is 18.2 Å². The highest BCUT2D eigenvalue weighted by atomic mass is 16.2. The number of fused-ring (bicyclic) bond motifs is 1. The minimum absolute atomic E-state index is 0.0123. The van der Waals surface area contributed by atoms with Crippen molar-refractivity contribution in [1.82, 2.24) is 0 Å². The van der Waals surface area contributed by atoms with Gasteiger partial charge in [0.15, 0.2) is 0 Å². The lowest BCUT2D eigenvalue weighted by Gasteiger charge is -2.19. The van der Waals surface area contributed by atoms with E-state index in [9.17, 15) is 9.59 Å². The van der Waals surface area contributed by atoms with Crippen LogP contribution in [-0.2, 0) is 9.59 Å². The Morgan fingerprint density at radius 2 is 1.78 bits per heavy atom. The van der Waals surface area contributed by atoms with Crippen LogP contribution in [0.4, 0.5) is 5.69 Å². The summed E-state index contributed by atoms with van der Waals surface area (Å²) in [5.41, 5.74) is 3.14. The van der Waals surface area contributed by atoms with E-state index < -0.39 is 0 Å². The maximum absolute atomic E-state index is 12.0. The largest absolute Gasteiger partial charge is 0.274 e. The maximum atomic E-state index is 12.0. The molecule has 3 nitrogen and oxygen atoms in total. The first-order valence-corrected chi connectivity index (χ1v) is 6.49. The molecule has 0 spiro atoms. The maximum Gasteiger partial charge on any atom is 0.237 e. The minimum Gasteiger partial charge on any atom is -0.274 e. The summed E-state index contributed by atoms with van der Waals surface area (Å²) in [4.78, 5) is 25.4. The topological polar surface area (TPSA) is 37.4 Å². The number of benzene rings is 1. The number of amides is 2. The van der Waals surface area contributed by atoms with Crippen LogP contribution in [-0.4, -0.2) is 11.8 Å². The summed E-state index contributed by atoms with van der Waals surface area (Å²) in [6.45, 7) is 6.32. The Labute approximate surface area is 107 Å². The predicted molar refractivity (Wildman–Crippen MR) is 69.4 cm³/mol. The van der Waals surface area contributed by atoms with Crippen molar-refractivity contribution < 1.29 is 9.59 Å². The van der Waals surface area contributed by atoms with Crippen LogP contribution in [0.25, 0.3) is 0 Å². The van der Waals surface area contributed by atoms with E-state index in [1.807, 2.05) is 25.1 Å². The molecule has 1 saturated heterocycles. The Balaban J connectivity index is 1.96. The average Bonchev–Trinajstić information content (AvgIpc) is 3.03. The number of nitrogens with zero attached hydrogens (tertiary/aromatic N) is 1. The lowest BCUT2D eigenvalue weighted by atomic mass is 9.97. The molecule has 0 aromatic heterocycles. The molecule has 1 aromatic rings. The number of carbonyl (C=O) groups is 2. The summed E-state index contributed by atoms with van der Waals surface area (Å²) in [5, 5.41) is 0. The molecule has 0 N–H and O–H groups in total. The van der Waals surface area contributed by atoms with E-state index in [1.54, 1.807) is 0 Å². The third-order valence-corrected chi connectivity index (χ3v) is 4.00. The molecule has 1 aliphatic carbocycles. The van der Waals surface area contributed by atoms with Crippen LogP contribution in [0.2, 0.25) is 0 Å². The molecule has 1 heterocycles. The first-order valence-electron chi connectivity index (χ1n) is 6.49. The minimum atomic E-state index is -0.0254. The van der Waals surface area contributed by atoms with Crippen molar-refractivity contribution in [1.29, 1.82) is 0 Å². The van der Waals surface area contributed by atoms with Crippen LogP contribution in [0.5, 0.6) is 0 Å². The van der Waals surface area contributed by atoms with E-state index in [1.165, 1.54) is 10.5 Å². The summed E-state index contributed by atoms with van der Waals surface area (Å²) < 4.78 is 0. The second kappa shape index (κ2) is 3.67.